The van der Waals surface area contributed by atoms with Crippen LogP contribution in [0.3, 0.4) is 0 Å². The minimum Gasteiger partial charge on any atom is -0.379 e. The molecule has 2 heterocycles. The van der Waals surface area contributed by atoms with Crippen molar-refractivity contribution in [3.8, 4) is 0 Å². The number of anilines is 2. The predicted octanol–water partition coefficient (Wildman–Crippen LogP) is 2.80. The van der Waals surface area contributed by atoms with Crippen LogP contribution >= 0.6 is 15.9 Å². The predicted molar refractivity (Wildman–Crippen MR) is 114 cm³/mol. The molecule has 0 radical (unpaired) electrons. The van der Waals surface area contributed by atoms with Gasteiger partial charge in [-0.15, -0.1) is 0 Å². The average Bonchev–Trinajstić information content (AvgIpc) is 2.66. The number of rotatable bonds is 6. The molecule has 0 unspecified atom stereocenters. The van der Waals surface area contributed by atoms with Crippen LogP contribution in [0.2, 0.25) is 0 Å². The van der Waals surface area contributed by atoms with Gasteiger partial charge in [-0.25, -0.2) is 4.98 Å². The minimum absolute atomic E-state index is 0.0140. The van der Waals surface area contributed by atoms with E-state index in [9.17, 15) is 14.9 Å². The van der Waals surface area contributed by atoms with E-state index in [2.05, 4.69) is 31.1 Å². The standard InChI is InChI=1S/C19H24BrN5O4/c1-19(2,12-24-6-8-29-9-7-24)14-5-4-13(10-15(14)25(27)28)21-17-18(26)23(3)11-16(20)22-17/h4-5,10-11H,6-9,12H2,1-3H3,(H,21,22). The molecule has 0 amide bonds. The second-order valence-electron chi connectivity index (χ2n) is 7.71. The van der Waals surface area contributed by atoms with Gasteiger partial charge in [0.2, 0.25) is 0 Å². The van der Waals surface area contributed by atoms with Crippen molar-refractivity contribution < 1.29 is 9.66 Å². The van der Waals surface area contributed by atoms with E-state index >= 15 is 0 Å². The van der Waals surface area contributed by atoms with Gasteiger partial charge in [0.1, 0.15) is 4.60 Å². The molecule has 1 fully saturated rings. The number of nitro benzene ring substituents is 1. The van der Waals surface area contributed by atoms with Crippen molar-refractivity contribution >= 4 is 33.1 Å². The second-order valence-corrected chi connectivity index (χ2v) is 8.53. The summed E-state index contributed by atoms with van der Waals surface area (Å²) in [5, 5.41) is 14.7. The number of benzene rings is 1. The van der Waals surface area contributed by atoms with Crippen LogP contribution in [0.5, 0.6) is 0 Å². The lowest BCUT2D eigenvalue weighted by atomic mass is 9.82. The number of aromatic nitrogens is 2. The van der Waals surface area contributed by atoms with Crippen LogP contribution in [0.15, 0.2) is 33.8 Å². The van der Waals surface area contributed by atoms with E-state index in [0.717, 1.165) is 13.1 Å². The molecule has 1 aliphatic heterocycles. The van der Waals surface area contributed by atoms with Crippen LogP contribution in [-0.2, 0) is 17.2 Å². The number of nitrogens with one attached hydrogen (secondary N) is 1. The molecule has 29 heavy (non-hydrogen) atoms. The summed E-state index contributed by atoms with van der Waals surface area (Å²) in [5.41, 5.74) is 0.343. The van der Waals surface area contributed by atoms with Crippen LogP contribution in [0.25, 0.3) is 0 Å². The molecule has 0 atom stereocenters. The number of hydrogen-bond acceptors (Lipinski definition) is 7. The van der Waals surface area contributed by atoms with E-state index in [1.165, 1.54) is 10.6 Å². The first-order chi connectivity index (χ1) is 13.7. The zero-order valence-electron chi connectivity index (χ0n) is 16.6. The van der Waals surface area contributed by atoms with E-state index in [1.54, 1.807) is 25.4 Å². The van der Waals surface area contributed by atoms with Crippen molar-refractivity contribution in [2.75, 3.05) is 38.2 Å². The highest BCUT2D eigenvalue weighted by molar-refractivity contribution is 9.10. The summed E-state index contributed by atoms with van der Waals surface area (Å²) in [6.45, 7) is 7.68. The molecular weight excluding hydrogens is 442 g/mol. The molecule has 1 aromatic carbocycles. The normalized spacial score (nSPS) is 15.3. The Morgan fingerprint density at radius 3 is 2.69 bits per heavy atom. The molecule has 1 aliphatic rings. The number of ether oxygens (including phenoxy) is 1. The van der Waals surface area contributed by atoms with Crippen LogP contribution in [-0.4, -0.2) is 52.2 Å². The number of nitro groups is 1. The molecule has 0 saturated carbocycles. The van der Waals surface area contributed by atoms with Crippen LogP contribution in [0.1, 0.15) is 19.4 Å². The third-order valence-corrected chi connectivity index (χ3v) is 5.33. The Balaban J connectivity index is 1.91. The number of hydrogen-bond donors (Lipinski definition) is 1. The number of nitrogens with zero attached hydrogens (tertiary/aromatic N) is 4. The summed E-state index contributed by atoms with van der Waals surface area (Å²) in [6.07, 6.45) is 1.55. The number of aryl methyl sites for hydroxylation is 1. The van der Waals surface area contributed by atoms with Crippen molar-refractivity contribution in [3.05, 3.63) is 55.0 Å². The van der Waals surface area contributed by atoms with E-state index in [4.69, 9.17) is 4.74 Å². The summed E-state index contributed by atoms with van der Waals surface area (Å²) in [6, 6.07) is 4.95. The SMILES string of the molecule is Cn1cc(Br)nc(Nc2ccc(C(C)(C)CN3CCOCC3)c([N+](=O)[O-])c2)c1=O. The quantitative estimate of drug-likeness (QED) is 0.516. The summed E-state index contributed by atoms with van der Waals surface area (Å²) in [5.74, 6) is 0.0940. The molecule has 156 valence electrons. The van der Waals surface area contributed by atoms with Crippen molar-refractivity contribution in [3.63, 3.8) is 0 Å². The van der Waals surface area contributed by atoms with Crippen molar-refractivity contribution in [2.45, 2.75) is 19.3 Å². The van der Waals surface area contributed by atoms with Gasteiger partial charge < -0.3 is 14.6 Å². The van der Waals surface area contributed by atoms with Gasteiger partial charge in [-0.1, -0.05) is 13.8 Å². The summed E-state index contributed by atoms with van der Waals surface area (Å²) in [4.78, 5) is 30.1. The zero-order valence-corrected chi connectivity index (χ0v) is 18.2. The lowest BCUT2D eigenvalue weighted by molar-refractivity contribution is -0.386. The van der Waals surface area contributed by atoms with Crippen LogP contribution in [0.4, 0.5) is 17.2 Å². The molecule has 1 aromatic heterocycles. The lowest BCUT2D eigenvalue weighted by Crippen LogP contribution is -2.43. The van der Waals surface area contributed by atoms with Gasteiger partial charge in [-0.3, -0.25) is 19.8 Å². The molecule has 0 bridgehead atoms. The molecule has 0 aliphatic carbocycles. The fourth-order valence-electron chi connectivity index (χ4n) is 3.52. The Hall–Kier alpha value is -2.30. The number of morpholine rings is 1. The van der Waals surface area contributed by atoms with Gasteiger partial charge >= 0.3 is 0 Å². The van der Waals surface area contributed by atoms with Gasteiger partial charge in [0.25, 0.3) is 11.2 Å². The van der Waals surface area contributed by atoms with E-state index in [0.29, 0.717) is 35.6 Å². The van der Waals surface area contributed by atoms with E-state index < -0.39 is 5.41 Å². The summed E-state index contributed by atoms with van der Waals surface area (Å²) in [7, 11) is 1.61. The molecule has 10 heteroatoms. The highest BCUT2D eigenvalue weighted by Gasteiger charge is 2.31. The Morgan fingerprint density at radius 2 is 2.03 bits per heavy atom. The van der Waals surface area contributed by atoms with Crippen LogP contribution < -0.4 is 10.9 Å². The Bertz CT molecular complexity index is 970. The van der Waals surface area contributed by atoms with Gasteiger partial charge in [-0.05, 0) is 28.1 Å². The van der Waals surface area contributed by atoms with Crippen molar-refractivity contribution in [1.82, 2.24) is 14.5 Å². The molecule has 3 rings (SSSR count). The van der Waals surface area contributed by atoms with Gasteiger partial charge in [0.05, 0.1) is 18.1 Å². The van der Waals surface area contributed by atoms with Crippen LogP contribution in [0, 0.1) is 10.1 Å². The molecule has 9 nitrogen and oxygen atoms in total. The van der Waals surface area contributed by atoms with Crippen molar-refractivity contribution in [1.29, 1.82) is 0 Å². The molecule has 1 saturated heterocycles. The number of halogens is 1. The first-order valence-electron chi connectivity index (χ1n) is 9.26. The largest absolute Gasteiger partial charge is 0.379 e. The van der Waals surface area contributed by atoms with E-state index in [-0.39, 0.29) is 22.0 Å². The molecule has 2 aromatic rings. The van der Waals surface area contributed by atoms with Gasteiger partial charge in [0, 0.05) is 55.6 Å². The maximum atomic E-state index is 12.3. The molecule has 0 spiro atoms. The maximum Gasteiger partial charge on any atom is 0.293 e. The maximum absolute atomic E-state index is 12.3. The minimum atomic E-state index is -0.428. The average molecular weight is 466 g/mol. The summed E-state index contributed by atoms with van der Waals surface area (Å²) >= 11 is 3.25. The Kier molecular flexibility index (Phi) is 6.35. The first-order valence-corrected chi connectivity index (χ1v) is 10.1. The third-order valence-electron chi connectivity index (χ3n) is 4.95. The fourth-order valence-corrected chi connectivity index (χ4v) is 4.01. The topological polar surface area (TPSA) is 103 Å². The fraction of sp³-hybridized carbons (Fsp3) is 0.474. The Labute approximate surface area is 177 Å². The zero-order chi connectivity index (χ0) is 21.2. The van der Waals surface area contributed by atoms with Gasteiger partial charge in [-0.2, -0.15) is 0 Å². The smallest absolute Gasteiger partial charge is 0.293 e. The second kappa shape index (κ2) is 8.60. The third kappa shape index (κ3) is 5.01. The highest BCUT2D eigenvalue weighted by Crippen LogP contribution is 2.35. The summed E-state index contributed by atoms with van der Waals surface area (Å²) < 4.78 is 7.25. The van der Waals surface area contributed by atoms with Gasteiger partial charge in [0.15, 0.2) is 5.82 Å². The first kappa shape index (κ1) is 21.4. The molecule has 1 N–H and O–H groups in total. The molecular formula is C19H24BrN5O4. The lowest BCUT2D eigenvalue weighted by Gasteiger charge is -2.35. The Morgan fingerprint density at radius 1 is 1.34 bits per heavy atom. The highest BCUT2D eigenvalue weighted by atomic mass is 79.9. The van der Waals surface area contributed by atoms with E-state index in [1.807, 2.05) is 13.8 Å². The monoisotopic (exact) mass is 465 g/mol. The van der Waals surface area contributed by atoms with Crippen molar-refractivity contribution in [2.24, 2.45) is 7.05 Å².